The highest BCUT2D eigenvalue weighted by Gasteiger charge is 2.21. The first-order chi connectivity index (χ1) is 13.2. The van der Waals surface area contributed by atoms with Crippen LogP contribution in [0.3, 0.4) is 0 Å². The van der Waals surface area contributed by atoms with Gasteiger partial charge < -0.3 is 20.5 Å². The van der Waals surface area contributed by atoms with E-state index in [1.807, 2.05) is 0 Å². The second-order valence-electron chi connectivity index (χ2n) is 6.84. The van der Waals surface area contributed by atoms with Crippen LogP contribution in [-0.4, -0.2) is 77.3 Å². The topological polar surface area (TPSA) is 99.5 Å². The van der Waals surface area contributed by atoms with Crippen LogP contribution < -0.4 is 16.0 Å². The number of piperidine rings is 1. The van der Waals surface area contributed by atoms with E-state index in [9.17, 15) is 4.79 Å². The zero-order valence-electron chi connectivity index (χ0n) is 17.3. The summed E-state index contributed by atoms with van der Waals surface area (Å²) < 4.78 is 2.06. The molecule has 1 aromatic heterocycles. The molecule has 0 saturated carbocycles. The van der Waals surface area contributed by atoms with Crippen LogP contribution in [0.25, 0.3) is 0 Å². The fourth-order valence-electron chi connectivity index (χ4n) is 3.18. The Morgan fingerprint density at radius 2 is 2.00 bits per heavy atom. The molecule has 2 heterocycles. The van der Waals surface area contributed by atoms with E-state index in [4.69, 9.17) is 0 Å². The van der Waals surface area contributed by atoms with Crippen molar-refractivity contribution in [1.82, 2.24) is 35.6 Å². The minimum absolute atomic E-state index is 0. The van der Waals surface area contributed by atoms with Gasteiger partial charge in [0, 0.05) is 52.2 Å². The maximum Gasteiger partial charge on any atom is 0.234 e. The van der Waals surface area contributed by atoms with Crippen molar-refractivity contribution in [3.8, 4) is 0 Å². The lowest BCUT2D eigenvalue weighted by molar-refractivity contribution is -0.122. The summed E-state index contributed by atoms with van der Waals surface area (Å²) in [5, 5.41) is 17.8. The number of nitrogens with one attached hydrogen (secondary N) is 3. The van der Waals surface area contributed by atoms with E-state index >= 15 is 0 Å². The lowest BCUT2D eigenvalue weighted by Gasteiger charge is -2.32. The molecule has 0 aliphatic carbocycles. The van der Waals surface area contributed by atoms with Crippen molar-refractivity contribution in [1.29, 1.82) is 0 Å². The van der Waals surface area contributed by atoms with Crippen LogP contribution in [0.4, 0.5) is 0 Å². The number of hydrogen-bond acceptors (Lipinski definition) is 5. The van der Waals surface area contributed by atoms with E-state index in [1.165, 1.54) is 0 Å². The second kappa shape index (κ2) is 13.7. The van der Waals surface area contributed by atoms with Gasteiger partial charge >= 0.3 is 0 Å². The summed E-state index contributed by atoms with van der Waals surface area (Å²) in [4.78, 5) is 18.4. The summed E-state index contributed by atoms with van der Waals surface area (Å²) in [5.41, 5.74) is 0. The molecule has 0 aromatic carbocycles. The Kier molecular flexibility index (Phi) is 12.0. The number of carbonyl (C=O) groups excluding carboxylic acids is 1. The molecule has 1 saturated heterocycles. The van der Waals surface area contributed by atoms with Crippen molar-refractivity contribution < 1.29 is 4.79 Å². The lowest BCUT2D eigenvalue weighted by Crippen LogP contribution is -2.50. The molecule has 0 bridgehead atoms. The van der Waals surface area contributed by atoms with Crippen LogP contribution in [0.1, 0.15) is 38.9 Å². The van der Waals surface area contributed by atoms with Crippen molar-refractivity contribution in [3.05, 3.63) is 12.2 Å². The predicted molar refractivity (Wildman–Crippen MR) is 122 cm³/mol. The van der Waals surface area contributed by atoms with Crippen LogP contribution in [-0.2, 0) is 17.8 Å². The number of aryl methyl sites for hydroxylation is 1. The smallest absolute Gasteiger partial charge is 0.234 e. The molecule has 1 aromatic rings. The van der Waals surface area contributed by atoms with E-state index in [0.717, 1.165) is 70.2 Å². The van der Waals surface area contributed by atoms with Crippen LogP contribution in [0, 0.1) is 0 Å². The molecule has 1 fully saturated rings. The molecule has 0 unspecified atom stereocenters. The van der Waals surface area contributed by atoms with Gasteiger partial charge in [-0.3, -0.25) is 14.7 Å². The molecule has 0 atom stereocenters. The monoisotopic (exact) mass is 506 g/mol. The Balaban J connectivity index is 0.00000392. The Morgan fingerprint density at radius 3 is 2.64 bits per heavy atom. The zero-order chi connectivity index (χ0) is 19.5. The first-order valence-corrected chi connectivity index (χ1v) is 9.99. The summed E-state index contributed by atoms with van der Waals surface area (Å²) in [6, 6.07) is 0.382. The van der Waals surface area contributed by atoms with Gasteiger partial charge in [0.15, 0.2) is 5.96 Å². The Morgan fingerprint density at radius 1 is 1.25 bits per heavy atom. The lowest BCUT2D eigenvalue weighted by atomic mass is 10.1. The third-order valence-electron chi connectivity index (χ3n) is 4.75. The fourth-order valence-corrected chi connectivity index (χ4v) is 3.18. The fraction of sp³-hybridized carbons (Fsp3) is 0.778. The molecule has 1 aliphatic rings. The van der Waals surface area contributed by atoms with Crippen molar-refractivity contribution in [2.75, 3.05) is 39.8 Å². The van der Waals surface area contributed by atoms with Gasteiger partial charge in [-0.25, -0.2) is 0 Å². The van der Waals surface area contributed by atoms with E-state index in [2.05, 4.69) is 54.5 Å². The van der Waals surface area contributed by atoms with Gasteiger partial charge in [-0.2, -0.15) is 0 Å². The van der Waals surface area contributed by atoms with E-state index < -0.39 is 0 Å². The maximum absolute atomic E-state index is 11.8. The summed E-state index contributed by atoms with van der Waals surface area (Å²) in [7, 11) is 1.79. The van der Waals surface area contributed by atoms with Gasteiger partial charge in [-0.1, -0.05) is 13.8 Å². The number of nitrogens with zero attached hydrogens (tertiary/aromatic N) is 5. The van der Waals surface area contributed by atoms with Gasteiger partial charge in [0.2, 0.25) is 5.91 Å². The first-order valence-electron chi connectivity index (χ1n) is 9.99. The van der Waals surface area contributed by atoms with Gasteiger partial charge in [-0.15, -0.1) is 34.2 Å². The third-order valence-corrected chi connectivity index (χ3v) is 4.75. The molecule has 28 heavy (non-hydrogen) atoms. The average molecular weight is 506 g/mol. The highest BCUT2D eigenvalue weighted by molar-refractivity contribution is 14.0. The molecule has 1 amide bonds. The van der Waals surface area contributed by atoms with E-state index in [-0.39, 0.29) is 29.9 Å². The second-order valence-corrected chi connectivity index (χ2v) is 6.84. The van der Waals surface area contributed by atoms with Crippen molar-refractivity contribution in [2.24, 2.45) is 4.99 Å². The molecule has 0 radical (unpaired) electrons. The number of rotatable bonds is 9. The number of amides is 1. The zero-order valence-corrected chi connectivity index (χ0v) is 19.6. The number of guanidine groups is 1. The number of aliphatic imine (C=N–C) groups is 1. The largest absolute Gasteiger partial charge is 0.355 e. The summed E-state index contributed by atoms with van der Waals surface area (Å²) >= 11 is 0. The number of halogens is 1. The number of hydrogen-bond donors (Lipinski definition) is 3. The minimum atomic E-state index is 0. The van der Waals surface area contributed by atoms with Crippen molar-refractivity contribution >= 4 is 35.8 Å². The molecule has 2 rings (SSSR count). The number of carbonyl (C=O) groups is 1. The van der Waals surface area contributed by atoms with Crippen LogP contribution >= 0.6 is 24.0 Å². The minimum Gasteiger partial charge on any atom is -0.355 e. The molecular formula is C18H35IN8O. The Bertz CT molecular complexity index is 598. The first kappa shape index (κ1) is 24.6. The molecule has 9 nitrogen and oxygen atoms in total. The quantitative estimate of drug-likeness (QED) is 0.258. The summed E-state index contributed by atoms with van der Waals surface area (Å²) in [6.45, 7) is 8.82. The van der Waals surface area contributed by atoms with E-state index in [1.54, 1.807) is 13.4 Å². The molecule has 10 heteroatoms. The van der Waals surface area contributed by atoms with Crippen LogP contribution in [0.5, 0.6) is 0 Å². The standard InChI is InChI=1S/C18H34N8O.HI/c1-4-8-20-17(27)13-25-10-6-15(7-11-25)23-18(19-3)21-9-12-26-14-22-24-16(26)5-2;/h14-15H,4-13H2,1-3H3,(H,20,27)(H2,19,21,23);1H. The number of likely N-dealkylation sites (tertiary alicyclic amines) is 1. The van der Waals surface area contributed by atoms with Gasteiger partial charge in [0.25, 0.3) is 0 Å². The molecular weight excluding hydrogens is 471 g/mol. The maximum atomic E-state index is 11.8. The summed E-state index contributed by atoms with van der Waals surface area (Å²) in [6.07, 6.45) is 5.63. The summed E-state index contributed by atoms with van der Waals surface area (Å²) in [5.74, 6) is 1.94. The van der Waals surface area contributed by atoms with Gasteiger partial charge in [0.05, 0.1) is 6.54 Å². The van der Waals surface area contributed by atoms with Crippen molar-refractivity contribution in [3.63, 3.8) is 0 Å². The van der Waals surface area contributed by atoms with E-state index in [0.29, 0.717) is 12.6 Å². The average Bonchev–Trinajstić information content (AvgIpc) is 3.14. The van der Waals surface area contributed by atoms with Crippen molar-refractivity contribution in [2.45, 2.75) is 52.1 Å². The molecule has 0 spiro atoms. The Labute approximate surface area is 185 Å². The Hall–Kier alpha value is -1.43. The highest BCUT2D eigenvalue weighted by Crippen LogP contribution is 2.09. The molecule has 3 N–H and O–H groups in total. The predicted octanol–water partition coefficient (Wildman–Crippen LogP) is 0.614. The molecule has 160 valence electrons. The number of aromatic nitrogens is 3. The molecule has 1 aliphatic heterocycles. The SMILES string of the molecule is CCCNC(=O)CN1CCC(NC(=NC)NCCn2cnnc2CC)CC1.I. The van der Waals surface area contributed by atoms with Gasteiger partial charge in [0.1, 0.15) is 12.2 Å². The highest BCUT2D eigenvalue weighted by atomic mass is 127. The van der Waals surface area contributed by atoms with Crippen LogP contribution in [0.2, 0.25) is 0 Å². The normalized spacial score (nSPS) is 15.8. The third kappa shape index (κ3) is 8.29. The van der Waals surface area contributed by atoms with Crippen LogP contribution in [0.15, 0.2) is 11.3 Å². The van der Waals surface area contributed by atoms with Gasteiger partial charge in [-0.05, 0) is 19.3 Å².